The Hall–Kier alpha value is -1.09. The zero-order valence-electron chi connectivity index (χ0n) is 13.1. The standard InChI is InChI=1S/C17H28N2O/c1-14(2)11-17(9-4-5-10-17)13-18-12-15-7-6-8-16(19-15)20-3/h6-8,14,18H,4-5,9-13H2,1-3H3. The molecule has 0 atom stereocenters. The number of aromatic nitrogens is 1. The second kappa shape index (κ2) is 7.07. The molecule has 0 spiro atoms. The molecule has 1 aromatic rings. The molecule has 0 aromatic carbocycles. The summed E-state index contributed by atoms with van der Waals surface area (Å²) in [6, 6.07) is 5.95. The van der Waals surface area contributed by atoms with Crippen molar-refractivity contribution in [3.05, 3.63) is 23.9 Å². The molecule has 1 fully saturated rings. The van der Waals surface area contributed by atoms with Crippen LogP contribution in [0.1, 0.15) is 51.6 Å². The van der Waals surface area contributed by atoms with Crippen LogP contribution in [0, 0.1) is 11.3 Å². The first-order chi connectivity index (χ1) is 9.63. The molecule has 1 aromatic heterocycles. The monoisotopic (exact) mass is 276 g/mol. The third-order valence-electron chi connectivity index (χ3n) is 4.30. The summed E-state index contributed by atoms with van der Waals surface area (Å²) in [5.41, 5.74) is 1.58. The van der Waals surface area contributed by atoms with Gasteiger partial charge in [0.25, 0.3) is 0 Å². The molecule has 1 heterocycles. The van der Waals surface area contributed by atoms with Crippen molar-refractivity contribution in [3.8, 4) is 5.88 Å². The van der Waals surface area contributed by atoms with Gasteiger partial charge in [0.2, 0.25) is 5.88 Å². The summed E-state index contributed by atoms with van der Waals surface area (Å²) >= 11 is 0. The maximum absolute atomic E-state index is 5.17. The minimum atomic E-state index is 0.521. The highest BCUT2D eigenvalue weighted by Crippen LogP contribution is 2.42. The molecule has 2 rings (SSSR count). The van der Waals surface area contributed by atoms with Crippen molar-refractivity contribution in [3.63, 3.8) is 0 Å². The Morgan fingerprint density at radius 2 is 2.05 bits per heavy atom. The highest BCUT2D eigenvalue weighted by Gasteiger charge is 2.33. The number of rotatable bonds is 7. The number of hydrogen-bond acceptors (Lipinski definition) is 3. The van der Waals surface area contributed by atoms with E-state index in [-0.39, 0.29) is 0 Å². The fraction of sp³-hybridized carbons (Fsp3) is 0.706. The maximum Gasteiger partial charge on any atom is 0.213 e. The van der Waals surface area contributed by atoms with Crippen molar-refractivity contribution in [2.45, 2.75) is 52.5 Å². The van der Waals surface area contributed by atoms with Gasteiger partial charge < -0.3 is 10.1 Å². The summed E-state index contributed by atoms with van der Waals surface area (Å²) in [6.07, 6.45) is 6.89. The summed E-state index contributed by atoms with van der Waals surface area (Å²) in [5.74, 6) is 1.48. The topological polar surface area (TPSA) is 34.1 Å². The fourth-order valence-corrected chi connectivity index (χ4v) is 3.57. The van der Waals surface area contributed by atoms with E-state index in [1.54, 1.807) is 7.11 Å². The molecule has 3 heteroatoms. The van der Waals surface area contributed by atoms with Crippen LogP contribution in [0.15, 0.2) is 18.2 Å². The molecule has 1 aliphatic rings. The molecule has 0 radical (unpaired) electrons. The van der Waals surface area contributed by atoms with Gasteiger partial charge in [-0.2, -0.15) is 0 Å². The minimum Gasteiger partial charge on any atom is -0.481 e. The highest BCUT2D eigenvalue weighted by molar-refractivity contribution is 5.15. The van der Waals surface area contributed by atoms with E-state index >= 15 is 0 Å². The largest absolute Gasteiger partial charge is 0.481 e. The van der Waals surface area contributed by atoms with Crippen molar-refractivity contribution >= 4 is 0 Å². The van der Waals surface area contributed by atoms with Gasteiger partial charge in [-0.15, -0.1) is 0 Å². The lowest BCUT2D eigenvalue weighted by atomic mass is 9.78. The Kier molecular flexibility index (Phi) is 5.41. The molecule has 1 saturated carbocycles. The highest BCUT2D eigenvalue weighted by atomic mass is 16.5. The van der Waals surface area contributed by atoms with E-state index in [4.69, 9.17) is 4.74 Å². The Morgan fingerprint density at radius 3 is 2.70 bits per heavy atom. The van der Waals surface area contributed by atoms with Crippen molar-refractivity contribution < 1.29 is 4.74 Å². The first kappa shape index (κ1) is 15.3. The third kappa shape index (κ3) is 4.20. The average Bonchev–Trinajstić information content (AvgIpc) is 2.87. The van der Waals surface area contributed by atoms with Crippen molar-refractivity contribution in [1.82, 2.24) is 10.3 Å². The molecule has 112 valence electrons. The predicted molar refractivity (Wildman–Crippen MR) is 82.9 cm³/mol. The zero-order chi connectivity index (χ0) is 14.4. The van der Waals surface area contributed by atoms with Crippen LogP contribution in [0.3, 0.4) is 0 Å². The lowest BCUT2D eigenvalue weighted by molar-refractivity contribution is 0.223. The molecule has 20 heavy (non-hydrogen) atoms. The minimum absolute atomic E-state index is 0.521. The van der Waals surface area contributed by atoms with E-state index in [1.165, 1.54) is 32.1 Å². The summed E-state index contributed by atoms with van der Waals surface area (Å²) in [4.78, 5) is 4.45. The smallest absolute Gasteiger partial charge is 0.213 e. The molecular weight excluding hydrogens is 248 g/mol. The number of pyridine rings is 1. The van der Waals surface area contributed by atoms with E-state index in [0.29, 0.717) is 11.3 Å². The van der Waals surface area contributed by atoms with E-state index in [9.17, 15) is 0 Å². The van der Waals surface area contributed by atoms with Gasteiger partial charge >= 0.3 is 0 Å². The Balaban J connectivity index is 1.86. The van der Waals surface area contributed by atoms with E-state index in [0.717, 1.165) is 24.7 Å². The second-order valence-corrected chi connectivity index (χ2v) is 6.58. The first-order valence-electron chi connectivity index (χ1n) is 7.84. The van der Waals surface area contributed by atoms with Crippen molar-refractivity contribution in [2.24, 2.45) is 11.3 Å². The molecule has 0 unspecified atom stereocenters. The van der Waals surface area contributed by atoms with Gasteiger partial charge in [-0.05, 0) is 36.7 Å². The quantitative estimate of drug-likeness (QED) is 0.823. The predicted octanol–water partition coefficient (Wildman–Crippen LogP) is 3.79. The van der Waals surface area contributed by atoms with Gasteiger partial charge in [0.1, 0.15) is 0 Å². The summed E-state index contributed by atoms with van der Waals surface area (Å²) < 4.78 is 5.17. The van der Waals surface area contributed by atoms with Gasteiger partial charge in [-0.3, -0.25) is 0 Å². The number of hydrogen-bond donors (Lipinski definition) is 1. The molecule has 0 bridgehead atoms. The van der Waals surface area contributed by atoms with Crippen molar-refractivity contribution in [1.29, 1.82) is 0 Å². The van der Waals surface area contributed by atoms with Crippen LogP contribution in [0.25, 0.3) is 0 Å². The second-order valence-electron chi connectivity index (χ2n) is 6.58. The van der Waals surface area contributed by atoms with Crippen LogP contribution < -0.4 is 10.1 Å². The van der Waals surface area contributed by atoms with E-state index in [2.05, 4.69) is 30.2 Å². The van der Waals surface area contributed by atoms with Crippen LogP contribution >= 0.6 is 0 Å². The first-order valence-corrected chi connectivity index (χ1v) is 7.84. The van der Waals surface area contributed by atoms with Crippen LogP contribution in [0.5, 0.6) is 5.88 Å². The zero-order valence-corrected chi connectivity index (χ0v) is 13.1. The van der Waals surface area contributed by atoms with Gasteiger partial charge in [-0.1, -0.05) is 32.8 Å². The van der Waals surface area contributed by atoms with Crippen LogP contribution in [-0.2, 0) is 6.54 Å². The van der Waals surface area contributed by atoms with Gasteiger partial charge in [0, 0.05) is 19.2 Å². The summed E-state index contributed by atoms with van der Waals surface area (Å²) in [6.45, 7) is 6.62. The summed E-state index contributed by atoms with van der Waals surface area (Å²) in [7, 11) is 1.66. The molecule has 3 nitrogen and oxygen atoms in total. The summed E-state index contributed by atoms with van der Waals surface area (Å²) in [5, 5.41) is 3.62. The number of methoxy groups -OCH3 is 1. The van der Waals surface area contributed by atoms with Gasteiger partial charge in [0.15, 0.2) is 0 Å². The van der Waals surface area contributed by atoms with E-state index < -0.39 is 0 Å². The Bertz CT molecular complexity index is 411. The molecule has 1 N–H and O–H groups in total. The van der Waals surface area contributed by atoms with Gasteiger partial charge in [-0.25, -0.2) is 4.98 Å². The van der Waals surface area contributed by atoms with E-state index in [1.807, 2.05) is 12.1 Å². The Morgan fingerprint density at radius 1 is 1.30 bits per heavy atom. The molecular formula is C17H28N2O. The number of nitrogens with one attached hydrogen (secondary N) is 1. The fourth-order valence-electron chi connectivity index (χ4n) is 3.57. The number of ether oxygens (including phenoxy) is 1. The lowest BCUT2D eigenvalue weighted by Gasteiger charge is -2.31. The molecule has 0 aliphatic heterocycles. The van der Waals surface area contributed by atoms with Crippen LogP contribution in [0.4, 0.5) is 0 Å². The molecule has 0 saturated heterocycles. The molecule has 1 aliphatic carbocycles. The SMILES string of the molecule is COc1cccc(CNCC2(CC(C)C)CCCC2)n1. The van der Waals surface area contributed by atoms with Crippen LogP contribution in [0.2, 0.25) is 0 Å². The molecule has 0 amide bonds. The third-order valence-corrected chi connectivity index (χ3v) is 4.30. The van der Waals surface area contributed by atoms with Crippen LogP contribution in [-0.4, -0.2) is 18.6 Å². The normalized spacial score (nSPS) is 17.6. The van der Waals surface area contributed by atoms with Gasteiger partial charge in [0.05, 0.1) is 12.8 Å². The Labute approximate surface area is 123 Å². The van der Waals surface area contributed by atoms with Crippen molar-refractivity contribution in [2.75, 3.05) is 13.7 Å². The number of nitrogens with zero attached hydrogens (tertiary/aromatic N) is 1. The lowest BCUT2D eigenvalue weighted by Crippen LogP contribution is -2.33. The maximum atomic E-state index is 5.17. The average molecular weight is 276 g/mol.